The third-order valence-electron chi connectivity index (χ3n) is 2.88. The van der Waals surface area contributed by atoms with Gasteiger partial charge in [-0.25, -0.2) is 0 Å². The van der Waals surface area contributed by atoms with Crippen molar-refractivity contribution in [3.8, 4) is 0 Å². The predicted molar refractivity (Wildman–Crippen MR) is 71.7 cm³/mol. The van der Waals surface area contributed by atoms with Crippen LogP contribution in [0.2, 0.25) is 0 Å². The van der Waals surface area contributed by atoms with Gasteiger partial charge in [0.25, 0.3) is 0 Å². The topological polar surface area (TPSA) is 81.8 Å². The average Bonchev–Trinajstić information content (AvgIpc) is 2.83. The van der Waals surface area contributed by atoms with E-state index in [0.29, 0.717) is 6.61 Å². The van der Waals surface area contributed by atoms with E-state index in [1.54, 1.807) is 0 Å². The zero-order valence-corrected chi connectivity index (χ0v) is 11.3. The summed E-state index contributed by atoms with van der Waals surface area (Å²) >= 11 is 0. The summed E-state index contributed by atoms with van der Waals surface area (Å²) in [6.45, 7) is 4.54. The van der Waals surface area contributed by atoms with Crippen LogP contribution in [0.1, 0.15) is 19.4 Å². The molecule has 1 saturated heterocycles. The van der Waals surface area contributed by atoms with Crippen molar-refractivity contribution in [3.63, 3.8) is 0 Å². The van der Waals surface area contributed by atoms with Crippen LogP contribution in [0.3, 0.4) is 0 Å². The Morgan fingerprint density at radius 2 is 2.11 bits per heavy atom. The van der Waals surface area contributed by atoms with Crippen molar-refractivity contribution >= 4 is 5.97 Å². The molecule has 0 aromatic heterocycles. The molecule has 5 heteroatoms. The zero-order chi connectivity index (χ0) is 14.3. The van der Waals surface area contributed by atoms with E-state index in [0.717, 1.165) is 5.56 Å². The molecule has 5 nitrogen and oxygen atoms in total. The number of carbonyl (C=O) groups is 1. The third kappa shape index (κ3) is 3.76. The second kappa shape index (κ2) is 7.23. The van der Waals surface area contributed by atoms with Gasteiger partial charge in [0.2, 0.25) is 0 Å². The standard InChI is InChI=1S/C12H15NO4.C2H6/c13-12(11(14)15)8-16-7-10(12)17-6-9-4-2-1-3-5-9;1-2/h1-5,10H,6-8,13H2,(H,14,15);1-2H3. The maximum Gasteiger partial charge on any atom is 0.328 e. The van der Waals surface area contributed by atoms with Crippen molar-refractivity contribution in [2.24, 2.45) is 5.73 Å². The third-order valence-corrected chi connectivity index (χ3v) is 2.88. The lowest BCUT2D eigenvalue weighted by Crippen LogP contribution is -2.57. The van der Waals surface area contributed by atoms with Crippen LogP contribution in [0.4, 0.5) is 0 Å². The second-order valence-corrected chi connectivity index (χ2v) is 4.15. The van der Waals surface area contributed by atoms with Gasteiger partial charge in [-0.3, -0.25) is 4.79 Å². The van der Waals surface area contributed by atoms with E-state index in [9.17, 15) is 4.79 Å². The van der Waals surface area contributed by atoms with E-state index >= 15 is 0 Å². The molecule has 2 rings (SSSR count). The minimum Gasteiger partial charge on any atom is -0.480 e. The number of nitrogens with two attached hydrogens (primary N) is 1. The smallest absolute Gasteiger partial charge is 0.328 e. The fraction of sp³-hybridized carbons (Fsp3) is 0.500. The van der Waals surface area contributed by atoms with Gasteiger partial charge in [0.15, 0.2) is 5.54 Å². The van der Waals surface area contributed by atoms with Crippen LogP contribution >= 0.6 is 0 Å². The van der Waals surface area contributed by atoms with Gasteiger partial charge in [-0.15, -0.1) is 0 Å². The summed E-state index contributed by atoms with van der Waals surface area (Å²) in [6, 6.07) is 9.53. The normalized spacial score (nSPS) is 25.5. The fourth-order valence-electron chi connectivity index (χ4n) is 1.74. The number of aliphatic carboxylic acids is 1. The molecule has 0 spiro atoms. The first-order chi connectivity index (χ1) is 9.13. The highest BCUT2D eigenvalue weighted by molar-refractivity contribution is 5.80. The Hall–Kier alpha value is -1.43. The molecule has 1 aromatic rings. The summed E-state index contributed by atoms with van der Waals surface area (Å²) in [4.78, 5) is 11.1. The van der Waals surface area contributed by atoms with Crippen LogP contribution in [-0.2, 0) is 20.9 Å². The number of hydrogen-bond acceptors (Lipinski definition) is 4. The summed E-state index contributed by atoms with van der Waals surface area (Å²) in [5.41, 5.74) is 5.30. The summed E-state index contributed by atoms with van der Waals surface area (Å²) in [6.07, 6.45) is -0.611. The van der Waals surface area contributed by atoms with Crippen LogP contribution in [0.25, 0.3) is 0 Å². The van der Waals surface area contributed by atoms with Crippen LogP contribution in [0.15, 0.2) is 30.3 Å². The highest BCUT2D eigenvalue weighted by Gasteiger charge is 2.48. The fourth-order valence-corrected chi connectivity index (χ4v) is 1.74. The van der Waals surface area contributed by atoms with Crippen LogP contribution in [-0.4, -0.2) is 35.9 Å². The van der Waals surface area contributed by atoms with Gasteiger partial charge < -0.3 is 20.3 Å². The average molecular weight is 267 g/mol. The summed E-state index contributed by atoms with van der Waals surface area (Å²) < 4.78 is 10.6. The quantitative estimate of drug-likeness (QED) is 0.862. The van der Waals surface area contributed by atoms with Gasteiger partial charge in [0.05, 0.1) is 19.8 Å². The number of ether oxygens (including phenoxy) is 2. The van der Waals surface area contributed by atoms with E-state index in [1.165, 1.54) is 0 Å². The first-order valence-electron chi connectivity index (χ1n) is 6.38. The van der Waals surface area contributed by atoms with Crippen molar-refractivity contribution in [2.75, 3.05) is 13.2 Å². The molecule has 19 heavy (non-hydrogen) atoms. The van der Waals surface area contributed by atoms with Gasteiger partial charge >= 0.3 is 5.97 Å². The molecular weight excluding hydrogens is 246 g/mol. The lowest BCUT2D eigenvalue weighted by Gasteiger charge is -2.24. The Labute approximate surface area is 113 Å². The van der Waals surface area contributed by atoms with Crippen LogP contribution < -0.4 is 5.73 Å². The number of benzene rings is 1. The van der Waals surface area contributed by atoms with E-state index in [4.69, 9.17) is 20.3 Å². The van der Waals surface area contributed by atoms with Crippen LogP contribution in [0, 0.1) is 0 Å². The van der Waals surface area contributed by atoms with Crippen molar-refractivity contribution < 1.29 is 19.4 Å². The van der Waals surface area contributed by atoms with E-state index < -0.39 is 17.6 Å². The predicted octanol–water partition coefficient (Wildman–Crippen LogP) is 1.41. The highest BCUT2D eigenvalue weighted by Crippen LogP contribution is 2.21. The molecule has 2 atom stereocenters. The molecule has 0 radical (unpaired) electrons. The molecule has 2 unspecified atom stereocenters. The minimum atomic E-state index is -1.44. The molecule has 106 valence electrons. The van der Waals surface area contributed by atoms with E-state index in [2.05, 4.69) is 0 Å². The van der Waals surface area contributed by atoms with Gasteiger partial charge in [-0.2, -0.15) is 0 Å². The Balaban J connectivity index is 0.000000861. The molecule has 1 heterocycles. The lowest BCUT2D eigenvalue weighted by atomic mass is 9.97. The SMILES string of the molecule is CC.NC1(C(=O)O)COCC1OCc1ccccc1. The first-order valence-corrected chi connectivity index (χ1v) is 6.38. The molecule has 0 aliphatic carbocycles. The maximum atomic E-state index is 11.1. The molecular formula is C14H21NO4. The monoisotopic (exact) mass is 267 g/mol. The molecule has 1 fully saturated rings. The van der Waals surface area contributed by atoms with Crippen molar-refractivity contribution in [1.82, 2.24) is 0 Å². The Morgan fingerprint density at radius 1 is 1.47 bits per heavy atom. The Kier molecular flexibility index (Phi) is 5.95. The Bertz CT molecular complexity index is 396. The molecule has 0 amide bonds. The second-order valence-electron chi connectivity index (χ2n) is 4.15. The molecule has 1 aliphatic rings. The molecule has 1 aromatic carbocycles. The summed E-state index contributed by atoms with van der Waals surface area (Å²) in [7, 11) is 0. The number of carboxylic acid groups (broad SMARTS) is 1. The summed E-state index contributed by atoms with van der Waals surface area (Å²) in [5.74, 6) is -1.09. The van der Waals surface area contributed by atoms with E-state index in [1.807, 2.05) is 44.2 Å². The molecule has 0 saturated carbocycles. The minimum absolute atomic E-state index is 0.0121. The van der Waals surface area contributed by atoms with Crippen molar-refractivity contribution in [3.05, 3.63) is 35.9 Å². The van der Waals surface area contributed by atoms with E-state index in [-0.39, 0.29) is 13.2 Å². The lowest BCUT2D eigenvalue weighted by molar-refractivity contribution is -0.148. The molecule has 3 N–H and O–H groups in total. The van der Waals surface area contributed by atoms with Crippen LogP contribution in [0.5, 0.6) is 0 Å². The number of carboxylic acids is 1. The largest absolute Gasteiger partial charge is 0.480 e. The summed E-state index contributed by atoms with van der Waals surface area (Å²) in [5, 5.41) is 9.06. The Morgan fingerprint density at radius 3 is 2.68 bits per heavy atom. The van der Waals surface area contributed by atoms with Crippen molar-refractivity contribution in [1.29, 1.82) is 0 Å². The first kappa shape index (κ1) is 15.6. The maximum absolute atomic E-state index is 11.1. The van der Waals surface area contributed by atoms with Gasteiger partial charge in [-0.05, 0) is 5.56 Å². The number of hydrogen-bond donors (Lipinski definition) is 2. The number of rotatable bonds is 4. The molecule has 0 bridgehead atoms. The zero-order valence-electron chi connectivity index (χ0n) is 11.3. The van der Waals surface area contributed by atoms with Gasteiger partial charge in [0.1, 0.15) is 6.10 Å². The highest BCUT2D eigenvalue weighted by atomic mass is 16.6. The van der Waals surface area contributed by atoms with Gasteiger partial charge in [0, 0.05) is 0 Å². The molecule has 1 aliphatic heterocycles. The van der Waals surface area contributed by atoms with Gasteiger partial charge in [-0.1, -0.05) is 44.2 Å². The van der Waals surface area contributed by atoms with Crippen molar-refractivity contribution in [2.45, 2.75) is 32.1 Å².